The second kappa shape index (κ2) is 6.54. The third kappa shape index (κ3) is 3.42. The minimum Gasteiger partial charge on any atom is -0.495 e. The van der Waals surface area contributed by atoms with Crippen LogP contribution in [0.3, 0.4) is 0 Å². The smallest absolute Gasteiger partial charge is 0.138 e. The highest BCUT2D eigenvalue weighted by Gasteiger charge is 2.20. The van der Waals surface area contributed by atoms with E-state index in [1.807, 2.05) is 6.07 Å². The maximum Gasteiger partial charge on any atom is 0.138 e. The van der Waals surface area contributed by atoms with Crippen LogP contribution < -0.4 is 4.74 Å². The first-order chi connectivity index (χ1) is 8.93. The zero-order chi connectivity index (χ0) is 14.2. The Morgan fingerprint density at radius 3 is 2.37 bits per heavy atom. The third-order valence-corrected chi connectivity index (χ3v) is 7.00. The van der Waals surface area contributed by atoms with Crippen molar-refractivity contribution in [3.8, 4) is 5.75 Å². The highest BCUT2D eigenvalue weighted by molar-refractivity contribution is 9.13. The maximum absolute atomic E-state index is 6.47. The van der Waals surface area contributed by atoms with Crippen molar-refractivity contribution >= 4 is 78.0 Å². The summed E-state index contributed by atoms with van der Waals surface area (Å²) in [5, 5.41) is 0.660. The van der Waals surface area contributed by atoms with Crippen molar-refractivity contribution in [3.05, 3.63) is 46.9 Å². The quantitative estimate of drug-likeness (QED) is 0.448. The highest BCUT2D eigenvalue weighted by Crippen LogP contribution is 2.44. The van der Waals surface area contributed by atoms with E-state index in [-0.39, 0.29) is 5.38 Å². The van der Waals surface area contributed by atoms with Crippen molar-refractivity contribution in [1.82, 2.24) is 0 Å². The molecule has 0 saturated carbocycles. The van der Waals surface area contributed by atoms with E-state index in [2.05, 4.69) is 31.9 Å². The molecule has 0 spiro atoms. The number of hydrogen-bond donors (Lipinski definition) is 0. The Hall–Kier alpha value is 0.550. The first-order valence-electron chi connectivity index (χ1n) is 5.05. The van der Waals surface area contributed by atoms with Gasteiger partial charge >= 0.3 is 0 Å². The van der Waals surface area contributed by atoms with E-state index in [1.165, 1.54) is 0 Å². The summed E-state index contributed by atoms with van der Waals surface area (Å²) in [4.78, 5) is 0.976. The van der Waals surface area contributed by atoms with Gasteiger partial charge in [0.25, 0.3) is 0 Å². The number of alkyl halides is 1. The van der Waals surface area contributed by atoms with Crippen molar-refractivity contribution in [2.24, 2.45) is 0 Å². The Kier molecular flexibility index (Phi) is 5.49. The van der Waals surface area contributed by atoms with Crippen LogP contribution in [0, 0.1) is 0 Å². The van der Waals surface area contributed by atoms with Crippen LogP contribution in [0.1, 0.15) is 15.8 Å². The van der Waals surface area contributed by atoms with E-state index in [4.69, 9.17) is 39.5 Å². The van der Waals surface area contributed by atoms with Crippen LogP contribution >= 0.6 is 78.0 Å². The summed E-state index contributed by atoms with van der Waals surface area (Å²) in [6.07, 6.45) is 0. The molecular formula is C12H7Br2Cl3OS. The fourth-order valence-electron chi connectivity index (χ4n) is 1.54. The summed E-state index contributed by atoms with van der Waals surface area (Å²) in [6.45, 7) is 0. The molecule has 1 unspecified atom stereocenters. The van der Waals surface area contributed by atoms with Crippen molar-refractivity contribution in [2.45, 2.75) is 5.38 Å². The average molecular weight is 465 g/mol. The normalized spacial score (nSPS) is 12.5. The Bertz CT molecular complexity index is 596. The van der Waals surface area contributed by atoms with Crippen molar-refractivity contribution in [3.63, 3.8) is 0 Å². The van der Waals surface area contributed by atoms with Crippen molar-refractivity contribution in [2.75, 3.05) is 7.11 Å². The van der Waals surface area contributed by atoms with Gasteiger partial charge in [-0.2, -0.15) is 0 Å². The Labute approximate surface area is 147 Å². The lowest BCUT2D eigenvalue weighted by Crippen LogP contribution is -1.94. The van der Waals surface area contributed by atoms with Gasteiger partial charge in [0, 0.05) is 20.4 Å². The number of rotatable bonds is 3. The van der Waals surface area contributed by atoms with E-state index in [0.717, 1.165) is 18.7 Å². The van der Waals surface area contributed by atoms with Crippen LogP contribution in [-0.4, -0.2) is 7.11 Å². The molecule has 0 aliphatic rings. The van der Waals surface area contributed by atoms with Crippen LogP contribution in [-0.2, 0) is 0 Å². The SMILES string of the molecule is COc1cc(Cl)c(C(Cl)c2cc(Br)c(Br)s2)cc1Cl. The van der Waals surface area contributed by atoms with E-state index in [1.54, 1.807) is 30.6 Å². The summed E-state index contributed by atoms with van der Waals surface area (Å²) >= 11 is 27.2. The van der Waals surface area contributed by atoms with Crippen molar-refractivity contribution < 1.29 is 4.74 Å². The summed E-state index contributed by atoms with van der Waals surface area (Å²) in [7, 11) is 1.54. The number of methoxy groups -OCH3 is 1. The average Bonchev–Trinajstić information content (AvgIpc) is 2.71. The third-order valence-electron chi connectivity index (χ3n) is 2.46. The number of ether oxygens (including phenoxy) is 1. The van der Waals surface area contributed by atoms with E-state index in [0.29, 0.717) is 15.8 Å². The van der Waals surface area contributed by atoms with Crippen LogP contribution in [0.2, 0.25) is 10.0 Å². The van der Waals surface area contributed by atoms with Gasteiger partial charge in [0.15, 0.2) is 0 Å². The molecule has 0 saturated heterocycles. The van der Waals surface area contributed by atoms with Crippen LogP contribution in [0.25, 0.3) is 0 Å². The fraction of sp³-hybridized carbons (Fsp3) is 0.167. The van der Waals surface area contributed by atoms with Crippen molar-refractivity contribution in [1.29, 1.82) is 0 Å². The molecule has 2 rings (SSSR count). The molecule has 0 fully saturated rings. The molecule has 0 aliphatic carbocycles. The topological polar surface area (TPSA) is 9.23 Å². The Morgan fingerprint density at radius 1 is 1.16 bits per heavy atom. The first-order valence-corrected chi connectivity index (χ1v) is 8.65. The lowest BCUT2D eigenvalue weighted by Gasteiger charge is -2.12. The van der Waals surface area contributed by atoms with E-state index >= 15 is 0 Å². The largest absolute Gasteiger partial charge is 0.495 e. The minimum atomic E-state index is -0.358. The second-order valence-electron chi connectivity index (χ2n) is 3.64. The monoisotopic (exact) mass is 462 g/mol. The molecule has 0 radical (unpaired) electrons. The number of halogens is 5. The van der Waals surface area contributed by atoms with Gasteiger partial charge in [-0.3, -0.25) is 0 Å². The molecule has 0 N–H and O–H groups in total. The summed E-state index contributed by atoms with van der Waals surface area (Å²) < 4.78 is 7.07. The molecule has 0 bridgehead atoms. The molecule has 1 heterocycles. The molecule has 1 aromatic heterocycles. The second-order valence-corrected chi connectivity index (χ2v) is 8.15. The van der Waals surface area contributed by atoms with Crippen LogP contribution in [0.5, 0.6) is 5.75 Å². The molecular weight excluding hydrogens is 458 g/mol. The van der Waals surface area contributed by atoms with Gasteiger partial charge in [-0.25, -0.2) is 0 Å². The Balaban J connectivity index is 2.44. The van der Waals surface area contributed by atoms with Gasteiger partial charge in [-0.15, -0.1) is 22.9 Å². The lowest BCUT2D eigenvalue weighted by atomic mass is 10.1. The maximum atomic E-state index is 6.47. The number of benzene rings is 1. The zero-order valence-electron chi connectivity index (χ0n) is 9.52. The molecule has 102 valence electrons. The van der Waals surface area contributed by atoms with E-state index < -0.39 is 0 Å². The predicted molar refractivity (Wildman–Crippen MR) is 90.4 cm³/mol. The highest BCUT2D eigenvalue weighted by atomic mass is 79.9. The summed E-state index contributed by atoms with van der Waals surface area (Å²) in [5.74, 6) is 0.535. The van der Waals surface area contributed by atoms with Crippen LogP contribution in [0.4, 0.5) is 0 Å². The minimum absolute atomic E-state index is 0.358. The number of hydrogen-bond acceptors (Lipinski definition) is 2. The van der Waals surface area contributed by atoms with Gasteiger partial charge in [0.2, 0.25) is 0 Å². The fourth-order valence-corrected chi connectivity index (χ4v) is 4.57. The van der Waals surface area contributed by atoms with Gasteiger partial charge in [0.05, 0.1) is 21.3 Å². The molecule has 1 nitrogen and oxygen atoms in total. The molecule has 0 aliphatic heterocycles. The molecule has 7 heteroatoms. The number of thiophene rings is 1. The first kappa shape index (κ1) is 15.9. The molecule has 2 aromatic rings. The zero-order valence-corrected chi connectivity index (χ0v) is 15.8. The summed E-state index contributed by atoms with van der Waals surface area (Å²) in [5.41, 5.74) is 0.760. The summed E-state index contributed by atoms with van der Waals surface area (Å²) in [6, 6.07) is 5.37. The predicted octanol–water partition coefficient (Wildman–Crippen LogP) is 6.92. The lowest BCUT2D eigenvalue weighted by molar-refractivity contribution is 0.415. The van der Waals surface area contributed by atoms with Crippen LogP contribution in [0.15, 0.2) is 26.5 Å². The van der Waals surface area contributed by atoms with Gasteiger partial charge < -0.3 is 4.74 Å². The molecule has 19 heavy (non-hydrogen) atoms. The van der Waals surface area contributed by atoms with Gasteiger partial charge in [0.1, 0.15) is 5.75 Å². The van der Waals surface area contributed by atoms with Gasteiger partial charge in [-0.05, 0) is 49.6 Å². The molecule has 1 aromatic carbocycles. The van der Waals surface area contributed by atoms with E-state index in [9.17, 15) is 0 Å². The Morgan fingerprint density at radius 2 is 1.84 bits per heavy atom. The molecule has 0 amide bonds. The van der Waals surface area contributed by atoms with Gasteiger partial charge in [-0.1, -0.05) is 23.2 Å². The molecule has 1 atom stereocenters. The standard InChI is InChI=1S/C12H7Br2Cl3OS/c1-18-9-4-7(15)5(2-8(9)16)11(17)10-3-6(13)12(14)19-10/h2-4,11H,1H3.